The van der Waals surface area contributed by atoms with Gasteiger partial charge in [-0.2, -0.15) is 5.26 Å². The molecule has 0 fully saturated rings. The first-order valence-corrected chi connectivity index (χ1v) is 5.74. The van der Waals surface area contributed by atoms with Gasteiger partial charge in [-0.3, -0.25) is 9.69 Å². The van der Waals surface area contributed by atoms with E-state index in [2.05, 4.69) is 5.32 Å². The van der Waals surface area contributed by atoms with E-state index in [0.717, 1.165) is 0 Å². The summed E-state index contributed by atoms with van der Waals surface area (Å²) >= 11 is 11.8. The number of benzene rings is 1. The maximum absolute atomic E-state index is 11.9. The number of nitrogens with one attached hydrogen (secondary N) is 1. The minimum atomic E-state index is -0.381. The quantitative estimate of drug-likeness (QED) is 0.798. The molecular weight excluding hydrogens is 261 g/mol. The third-order valence-electron chi connectivity index (χ3n) is 2.57. The monoisotopic (exact) mass is 269 g/mol. The molecule has 1 aromatic carbocycles. The maximum atomic E-state index is 11.9. The third kappa shape index (κ3) is 2.04. The van der Waals surface area contributed by atoms with Crippen molar-refractivity contribution in [2.45, 2.75) is 13.0 Å². The van der Waals surface area contributed by atoms with Crippen LogP contribution in [0.1, 0.15) is 6.92 Å². The smallest absolute Gasteiger partial charge is 0.250 e. The molecule has 1 amide bonds. The number of hydrogen-bond acceptors (Lipinski definition) is 3. The van der Waals surface area contributed by atoms with E-state index < -0.39 is 0 Å². The van der Waals surface area contributed by atoms with E-state index >= 15 is 0 Å². The fourth-order valence-electron chi connectivity index (χ4n) is 1.76. The molecule has 1 aliphatic heterocycles. The summed E-state index contributed by atoms with van der Waals surface area (Å²) in [4.78, 5) is 13.3. The van der Waals surface area contributed by atoms with Gasteiger partial charge in [0, 0.05) is 0 Å². The highest BCUT2D eigenvalue weighted by molar-refractivity contribution is 6.42. The lowest BCUT2D eigenvalue weighted by molar-refractivity contribution is -0.119. The molecule has 2 rings (SSSR count). The Hall–Kier alpha value is -1.44. The standard InChI is InChI=1S/C11H9Cl2N3O/c1-6-11(17)16(3-2-14)10-5-8(13)7(12)4-9(10)15-6/h4-6,15H,3H2,1H3. The van der Waals surface area contributed by atoms with Crippen LogP contribution in [0, 0.1) is 11.3 Å². The maximum Gasteiger partial charge on any atom is 0.250 e. The van der Waals surface area contributed by atoms with E-state index in [4.69, 9.17) is 28.5 Å². The number of nitriles is 1. The van der Waals surface area contributed by atoms with Gasteiger partial charge in [-0.05, 0) is 19.1 Å². The van der Waals surface area contributed by atoms with E-state index in [-0.39, 0.29) is 18.5 Å². The average molecular weight is 270 g/mol. The van der Waals surface area contributed by atoms with Crippen LogP contribution in [0.4, 0.5) is 11.4 Å². The lowest BCUT2D eigenvalue weighted by atomic mass is 10.1. The van der Waals surface area contributed by atoms with Crippen molar-refractivity contribution in [2.75, 3.05) is 16.8 Å². The lowest BCUT2D eigenvalue weighted by Crippen LogP contribution is -2.45. The van der Waals surface area contributed by atoms with Gasteiger partial charge in [0.05, 0.1) is 27.5 Å². The summed E-state index contributed by atoms with van der Waals surface area (Å²) in [5.41, 5.74) is 1.30. The number of anilines is 2. The van der Waals surface area contributed by atoms with Crippen LogP contribution in [0.15, 0.2) is 12.1 Å². The molecule has 1 aliphatic rings. The molecule has 88 valence electrons. The minimum Gasteiger partial charge on any atom is -0.372 e. The normalized spacial score (nSPS) is 18.4. The Labute approximate surface area is 109 Å². The lowest BCUT2D eigenvalue weighted by Gasteiger charge is -2.32. The second-order valence-corrected chi connectivity index (χ2v) is 4.55. The molecule has 0 bridgehead atoms. The summed E-state index contributed by atoms with van der Waals surface area (Å²) in [6.07, 6.45) is 0. The topological polar surface area (TPSA) is 56.1 Å². The van der Waals surface area contributed by atoms with Crippen LogP contribution in [0.5, 0.6) is 0 Å². The Balaban J connectivity index is 2.54. The Morgan fingerprint density at radius 2 is 2.12 bits per heavy atom. The number of carbonyl (C=O) groups excluding carboxylic acids is 1. The molecule has 1 heterocycles. The molecule has 0 saturated heterocycles. The zero-order chi connectivity index (χ0) is 12.6. The number of halogens is 2. The van der Waals surface area contributed by atoms with Gasteiger partial charge in [0.15, 0.2) is 0 Å². The first-order valence-electron chi connectivity index (χ1n) is 4.98. The number of nitrogens with zero attached hydrogens (tertiary/aromatic N) is 2. The average Bonchev–Trinajstić information content (AvgIpc) is 2.28. The van der Waals surface area contributed by atoms with Crippen LogP contribution in [-0.4, -0.2) is 18.5 Å². The van der Waals surface area contributed by atoms with Gasteiger partial charge in [-0.15, -0.1) is 0 Å². The summed E-state index contributed by atoms with van der Waals surface area (Å²) in [5, 5.41) is 12.5. The highest BCUT2D eigenvalue weighted by atomic mass is 35.5. The van der Waals surface area contributed by atoms with Crippen molar-refractivity contribution in [3.63, 3.8) is 0 Å². The van der Waals surface area contributed by atoms with Crippen LogP contribution in [0.3, 0.4) is 0 Å². The minimum absolute atomic E-state index is 0.00415. The Morgan fingerprint density at radius 1 is 1.47 bits per heavy atom. The number of hydrogen-bond donors (Lipinski definition) is 1. The van der Waals surface area contributed by atoms with E-state index in [1.165, 1.54) is 4.90 Å². The molecule has 1 N–H and O–H groups in total. The van der Waals surface area contributed by atoms with Crippen molar-refractivity contribution in [1.29, 1.82) is 5.26 Å². The van der Waals surface area contributed by atoms with Crippen LogP contribution in [-0.2, 0) is 4.79 Å². The predicted molar refractivity (Wildman–Crippen MR) is 67.5 cm³/mol. The summed E-state index contributed by atoms with van der Waals surface area (Å²) in [6, 6.07) is 4.83. The first kappa shape index (κ1) is 12.0. The SMILES string of the molecule is CC1Nc2cc(Cl)c(Cl)cc2N(CC#N)C1=O. The molecule has 4 nitrogen and oxygen atoms in total. The van der Waals surface area contributed by atoms with Crippen molar-refractivity contribution in [2.24, 2.45) is 0 Å². The Kier molecular flexibility index (Phi) is 3.14. The van der Waals surface area contributed by atoms with E-state index in [1.54, 1.807) is 19.1 Å². The van der Waals surface area contributed by atoms with Gasteiger partial charge < -0.3 is 5.32 Å². The van der Waals surface area contributed by atoms with Gasteiger partial charge in [0.25, 0.3) is 0 Å². The third-order valence-corrected chi connectivity index (χ3v) is 3.29. The molecule has 0 radical (unpaired) electrons. The summed E-state index contributed by atoms with van der Waals surface area (Å²) < 4.78 is 0. The zero-order valence-electron chi connectivity index (χ0n) is 9.00. The van der Waals surface area contributed by atoms with Crippen LogP contribution in [0.25, 0.3) is 0 Å². The molecule has 0 spiro atoms. The summed E-state index contributed by atoms with van der Waals surface area (Å²) in [6.45, 7) is 1.73. The number of fused-ring (bicyclic) bond motifs is 1. The van der Waals surface area contributed by atoms with Crippen molar-refractivity contribution in [1.82, 2.24) is 0 Å². The molecule has 6 heteroatoms. The highest BCUT2D eigenvalue weighted by Crippen LogP contribution is 2.37. The fourth-order valence-corrected chi connectivity index (χ4v) is 2.08. The van der Waals surface area contributed by atoms with Gasteiger partial charge in [-0.25, -0.2) is 0 Å². The van der Waals surface area contributed by atoms with E-state index in [9.17, 15) is 4.79 Å². The van der Waals surface area contributed by atoms with Crippen molar-refractivity contribution in [3.8, 4) is 6.07 Å². The Bertz CT molecular complexity index is 524. The zero-order valence-corrected chi connectivity index (χ0v) is 10.5. The number of amides is 1. The number of rotatable bonds is 1. The highest BCUT2D eigenvalue weighted by Gasteiger charge is 2.30. The molecule has 0 aliphatic carbocycles. The van der Waals surface area contributed by atoms with Gasteiger partial charge in [0.1, 0.15) is 12.6 Å². The fraction of sp³-hybridized carbons (Fsp3) is 0.273. The summed E-state index contributed by atoms with van der Waals surface area (Å²) in [7, 11) is 0. The second kappa shape index (κ2) is 4.44. The van der Waals surface area contributed by atoms with Crippen LogP contribution >= 0.6 is 23.2 Å². The number of carbonyl (C=O) groups is 1. The van der Waals surface area contributed by atoms with Gasteiger partial charge in [0.2, 0.25) is 5.91 Å². The molecule has 1 unspecified atom stereocenters. The van der Waals surface area contributed by atoms with E-state index in [1.807, 2.05) is 6.07 Å². The molecule has 0 saturated carbocycles. The molecule has 1 aromatic rings. The van der Waals surface area contributed by atoms with Crippen LogP contribution < -0.4 is 10.2 Å². The molecule has 17 heavy (non-hydrogen) atoms. The van der Waals surface area contributed by atoms with Crippen molar-refractivity contribution < 1.29 is 4.79 Å². The predicted octanol–water partition coefficient (Wildman–Crippen LogP) is 2.66. The van der Waals surface area contributed by atoms with E-state index in [0.29, 0.717) is 21.4 Å². The second-order valence-electron chi connectivity index (χ2n) is 3.73. The van der Waals surface area contributed by atoms with Gasteiger partial charge in [-0.1, -0.05) is 23.2 Å². The molecule has 1 atom stereocenters. The largest absolute Gasteiger partial charge is 0.372 e. The van der Waals surface area contributed by atoms with Gasteiger partial charge >= 0.3 is 0 Å². The molecular formula is C11H9Cl2N3O. The van der Waals surface area contributed by atoms with Crippen LogP contribution in [0.2, 0.25) is 10.0 Å². The first-order chi connectivity index (χ1) is 8.04. The van der Waals surface area contributed by atoms with Crippen molar-refractivity contribution in [3.05, 3.63) is 22.2 Å². The Morgan fingerprint density at radius 3 is 2.76 bits per heavy atom. The molecule has 0 aromatic heterocycles. The summed E-state index contributed by atoms with van der Waals surface area (Å²) in [5.74, 6) is -0.155. The van der Waals surface area contributed by atoms with Crippen molar-refractivity contribution >= 4 is 40.5 Å².